The van der Waals surface area contributed by atoms with Crippen LogP contribution >= 0.6 is 23.5 Å². The van der Waals surface area contributed by atoms with E-state index in [1.807, 2.05) is 0 Å². The molecule has 1 aliphatic heterocycles. The molecule has 3 aliphatic rings. The minimum absolute atomic E-state index is 0.711. The number of hydrogen-bond donors (Lipinski definition) is 1. The zero-order valence-electron chi connectivity index (χ0n) is 10.6. The molecule has 0 aromatic heterocycles. The zero-order valence-corrected chi connectivity index (χ0v) is 12.2. The van der Waals surface area contributed by atoms with E-state index in [1.54, 1.807) is 0 Å². The third-order valence-corrected chi connectivity index (χ3v) is 7.37. The molecule has 2 bridgehead atoms. The largest absolute Gasteiger partial charge is 0.313 e. The summed E-state index contributed by atoms with van der Waals surface area (Å²) in [5.74, 6) is 6.76. The van der Waals surface area contributed by atoms with Crippen molar-refractivity contribution in [2.75, 3.05) is 23.8 Å². The van der Waals surface area contributed by atoms with Crippen LogP contribution < -0.4 is 5.32 Å². The Labute approximate surface area is 114 Å². The van der Waals surface area contributed by atoms with Crippen molar-refractivity contribution in [2.45, 2.75) is 31.1 Å². The van der Waals surface area contributed by atoms with Crippen LogP contribution in [0.15, 0.2) is 12.2 Å². The second-order valence-electron chi connectivity index (χ2n) is 5.71. The van der Waals surface area contributed by atoms with Gasteiger partial charge in [-0.05, 0) is 37.5 Å². The van der Waals surface area contributed by atoms with Gasteiger partial charge in [0.2, 0.25) is 0 Å². The van der Waals surface area contributed by atoms with E-state index in [1.165, 1.54) is 36.6 Å². The van der Waals surface area contributed by atoms with Crippen molar-refractivity contribution in [1.29, 1.82) is 0 Å². The van der Waals surface area contributed by atoms with Crippen molar-refractivity contribution in [3.05, 3.63) is 12.2 Å². The molecule has 0 aromatic rings. The second-order valence-corrected chi connectivity index (χ2v) is 8.27. The first kappa shape index (κ1) is 12.4. The Morgan fingerprint density at radius 3 is 2.88 bits per heavy atom. The smallest absolute Gasteiger partial charge is 0.0263 e. The van der Waals surface area contributed by atoms with Gasteiger partial charge in [0, 0.05) is 35.1 Å². The highest BCUT2D eigenvalue weighted by atomic mass is 32.2. The van der Waals surface area contributed by atoms with Crippen LogP contribution in [-0.2, 0) is 0 Å². The zero-order chi connectivity index (χ0) is 11.7. The Morgan fingerprint density at radius 2 is 2.24 bits per heavy atom. The molecule has 96 valence electrons. The Morgan fingerprint density at radius 1 is 1.29 bits per heavy atom. The molecule has 1 saturated heterocycles. The molecule has 17 heavy (non-hydrogen) atoms. The van der Waals surface area contributed by atoms with E-state index >= 15 is 0 Å². The van der Waals surface area contributed by atoms with Crippen molar-refractivity contribution < 1.29 is 0 Å². The van der Waals surface area contributed by atoms with Crippen molar-refractivity contribution in [1.82, 2.24) is 5.32 Å². The number of rotatable bonds is 4. The first-order chi connectivity index (χ1) is 8.33. The fourth-order valence-corrected chi connectivity index (χ4v) is 6.15. The van der Waals surface area contributed by atoms with Gasteiger partial charge < -0.3 is 5.32 Å². The average Bonchev–Trinajstić information content (AvgIpc) is 2.99. The van der Waals surface area contributed by atoms with Gasteiger partial charge >= 0.3 is 0 Å². The molecule has 5 atom stereocenters. The lowest BCUT2D eigenvalue weighted by Gasteiger charge is -2.29. The monoisotopic (exact) mass is 269 g/mol. The summed E-state index contributed by atoms with van der Waals surface area (Å²) >= 11 is 4.29. The summed E-state index contributed by atoms with van der Waals surface area (Å²) in [6.07, 6.45) is 7.79. The maximum Gasteiger partial charge on any atom is 0.0263 e. The average molecular weight is 269 g/mol. The summed E-state index contributed by atoms with van der Waals surface area (Å²) in [6.45, 7) is 3.62. The van der Waals surface area contributed by atoms with E-state index < -0.39 is 0 Å². The Kier molecular flexibility index (Phi) is 4.08. The first-order valence-corrected chi connectivity index (χ1v) is 9.14. The summed E-state index contributed by atoms with van der Waals surface area (Å²) < 4.78 is 0. The summed E-state index contributed by atoms with van der Waals surface area (Å²) in [5, 5.41) is 4.66. The third-order valence-electron chi connectivity index (χ3n) is 4.52. The lowest BCUT2D eigenvalue weighted by Crippen LogP contribution is -2.40. The lowest BCUT2D eigenvalue weighted by molar-refractivity contribution is 0.329. The van der Waals surface area contributed by atoms with Crippen LogP contribution in [0.3, 0.4) is 0 Å². The van der Waals surface area contributed by atoms with Gasteiger partial charge in [0.1, 0.15) is 0 Å². The van der Waals surface area contributed by atoms with Crippen LogP contribution in [0.1, 0.15) is 19.8 Å². The summed E-state index contributed by atoms with van der Waals surface area (Å²) in [6, 6.07) is 0.711. The highest BCUT2D eigenvalue weighted by Gasteiger charge is 2.38. The number of allylic oxidation sites excluding steroid dienone is 2. The van der Waals surface area contributed by atoms with Gasteiger partial charge in [-0.3, -0.25) is 0 Å². The number of nitrogens with one attached hydrogen (secondary N) is 1. The molecule has 0 amide bonds. The van der Waals surface area contributed by atoms with Crippen molar-refractivity contribution in [3.63, 3.8) is 0 Å². The van der Waals surface area contributed by atoms with Gasteiger partial charge in [-0.15, -0.1) is 0 Å². The van der Waals surface area contributed by atoms with E-state index in [-0.39, 0.29) is 0 Å². The van der Waals surface area contributed by atoms with Crippen molar-refractivity contribution in [2.24, 2.45) is 17.8 Å². The highest BCUT2D eigenvalue weighted by molar-refractivity contribution is 8.06. The molecular formula is C14H23NS2. The molecule has 2 fully saturated rings. The molecule has 0 radical (unpaired) electrons. The minimum atomic E-state index is 0.711. The second kappa shape index (κ2) is 5.58. The quantitative estimate of drug-likeness (QED) is 0.788. The number of fused-ring (bicyclic) bond motifs is 2. The Balaban J connectivity index is 1.44. The Hall–Kier alpha value is 0.400. The van der Waals surface area contributed by atoms with Crippen LogP contribution in [-0.4, -0.2) is 35.1 Å². The molecule has 3 heteroatoms. The molecular weight excluding hydrogens is 246 g/mol. The summed E-state index contributed by atoms with van der Waals surface area (Å²) in [7, 11) is 0. The molecule has 1 saturated carbocycles. The topological polar surface area (TPSA) is 12.0 Å². The molecule has 1 nitrogen and oxygen atoms in total. The van der Waals surface area contributed by atoms with E-state index in [0.29, 0.717) is 6.04 Å². The minimum Gasteiger partial charge on any atom is -0.313 e. The first-order valence-electron chi connectivity index (χ1n) is 6.94. The molecule has 2 aliphatic carbocycles. The normalized spacial score (nSPS) is 41.9. The molecule has 3 rings (SSSR count). The predicted molar refractivity (Wildman–Crippen MR) is 79.9 cm³/mol. The van der Waals surface area contributed by atoms with Crippen LogP contribution in [0.25, 0.3) is 0 Å². The van der Waals surface area contributed by atoms with Crippen LogP contribution in [0, 0.1) is 17.8 Å². The maximum atomic E-state index is 3.81. The van der Waals surface area contributed by atoms with Crippen LogP contribution in [0.2, 0.25) is 0 Å². The van der Waals surface area contributed by atoms with E-state index in [0.717, 1.165) is 23.0 Å². The van der Waals surface area contributed by atoms with E-state index in [9.17, 15) is 0 Å². The van der Waals surface area contributed by atoms with E-state index in [2.05, 4.69) is 47.9 Å². The van der Waals surface area contributed by atoms with Gasteiger partial charge in [-0.1, -0.05) is 12.2 Å². The fourth-order valence-electron chi connectivity index (χ4n) is 3.52. The molecule has 1 N–H and O–H groups in total. The van der Waals surface area contributed by atoms with Crippen molar-refractivity contribution in [3.8, 4) is 0 Å². The third kappa shape index (κ3) is 2.87. The van der Waals surface area contributed by atoms with Crippen LogP contribution in [0.4, 0.5) is 0 Å². The summed E-state index contributed by atoms with van der Waals surface area (Å²) in [5.41, 5.74) is 0. The van der Waals surface area contributed by atoms with Crippen LogP contribution in [0.5, 0.6) is 0 Å². The number of hydrogen-bond acceptors (Lipinski definition) is 3. The molecule has 0 aromatic carbocycles. The predicted octanol–water partition coefficient (Wildman–Crippen LogP) is 3.03. The standard InChI is InChI=1S/C14H23NS2/c1-10(14-7-11-2-3-12(14)6-11)15-8-13-9-16-4-5-17-13/h2-3,10-15H,4-9H2,1H3. The lowest BCUT2D eigenvalue weighted by atomic mass is 9.87. The molecule has 5 unspecified atom stereocenters. The van der Waals surface area contributed by atoms with E-state index in [4.69, 9.17) is 0 Å². The van der Waals surface area contributed by atoms with Gasteiger partial charge in [-0.25, -0.2) is 0 Å². The van der Waals surface area contributed by atoms with Gasteiger partial charge in [0.25, 0.3) is 0 Å². The molecule has 1 heterocycles. The SMILES string of the molecule is CC(NCC1CSCCS1)C1CC2C=CC1C2. The molecule has 0 spiro atoms. The van der Waals surface area contributed by atoms with Crippen molar-refractivity contribution >= 4 is 23.5 Å². The number of thioether (sulfide) groups is 2. The van der Waals surface area contributed by atoms with Gasteiger partial charge in [0.05, 0.1) is 0 Å². The fraction of sp³-hybridized carbons (Fsp3) is 0.857. The Bertz CT molecular complexity index is 286. The maximum absolute atomic E-state index is 3.81. The highest BCUT2D eigenvalue weighted by Crippen LogP contribution is 2.44. The summed E-state index contributed by atoms with van der Waals surface area (Å²) in [4.78, 5) is 0. The van der Waals surface area contributed by atoms with Gasteiger partial charge in [0.15, 0.2) is 0 Å². The van der Waals surface area contributed by atoms with Gasteiger partial charge in [-0.2, -0.15) is 23.5 Å².